The summed E-state index contributed by atoms with van der Waals surface area (Å²) >= 11 is 5.76. The molecule has 0 aliphatic carbocycles. The first-order valence-corrected chi connectivity index (χ1v) is 7.49. The van der Waals surface area contributed by atoms with Gasteiger partial charge in [0.1, 0.15) is 0 Å². The number of halogens is 1. The van der Waals surface area contributed by atoms with E-state index in [1.165, 1.54) is 31.4 Å². The molecule has 0 fully saturated rings. The number of amides is 1. The Labute approximate surface area is 148 Å². The van der Waals surface area contributed by atoms with Gasteiger partial charge in [-0.15, -0.1) is 0 Å². The summed E-state index contributed by atoms with van der Waals surface area (Å²) in [6.07, 6.45) is 0. The first-order chi connectivity index (χ1) is 11.9. The van der Waals surface area contributed by atoms with E-state index in [9.17, 15) is 14.4 Å². The number of benzene rings is 2. The molecule has 3 N–H and O–H groups in total. The lowest BCUT2D eigenvalue weighted by atomic mass is 10.2. The number of carbonyl (C=O) groups excluding carboxylic acids is 3. The van der Waals surface area contributed by atoms with E-state index in [4.69, 9.17) is 22.1 Å². The largest absolute Gasteiger partial charge is 0.465 e. The SMILES string of the molecule is COC(=O)c1cccc(NC(=O)COC(=O)c2ccc(Cl)cc2N)c1. The average Bonchev–Trinajstić information content (AvgIpc) is 2.59. The van der Waals surface area contributed by atoms with Crippen molar-refractivity contribution >= 4 is 40.8 Å². The predicted octanol–water partition coefficient (Wildman–Crippen LogP) is 2.50. The molecule has 25 heavy (non-hydrogen) atoms. The third kappa shape index (κ3) is 4.95. The topological polar surface area (TPSA) is 108 Å². The minimum Gasteiger partial charge on any atom is -0.465 e. The molecule has 1 amide bonds. The highest BCUT2D eigenvalue weighted by Gasteiger charge is 2.14. The molecule has 2 aromatic carbocycles. The van der Waals surface area contributed by atoms with Gasteiger partial charge in [0.05, 0.1) is 18.2 Å². The molecule has 0 atom stereocenters. The van der Waals surface area contributed by atoms with Crippen LogP contribution in [0, 0.1) is 0 Å². The van der Waals surface area contributed by atoms with Crippen LogP contribution in [0.5, 0.6) is 0 Å². The molecule has 0 aromatic heterocycles. The molecule has 7 nitrogen and oxygen atoms in total. The first-order valence-electron chi connectivity index (χ1n) is 7.11. The van der Waals surface area contributed by atoms with Gasteiger partial charge in [-0.25, -0.2) is 9.59 Å². The smallest absolute Gasteiger partial charge is 0.340 e. The maximum atomic E-state index is 11.9. The van der Waals surface area contributed by atoms with Crippen molar-refractivity contribution in [2.24, 2.45) is 0 Å². The van der Waals surface area contributed by atoms with Gasteiger partial charge in [-0.1, -0.05) is 17.7 Å². The summed E-state index contributed by atoms with van der Waals surface area (Å²) in [5.74, 6) is -1.84. The van der Waals surface area contributed by atoms with Crippen LogP contribution < -0.4 is 11.1 Å². The van der Waals surface area contributed by atoms with E-state index in [2.05, 4.69) is 10.1 Å². The van der Waals surface area contributed by atoms with Gasteiger partial charge >= 0.3 is 11.9 Å². The predicted molar refractivity (Wildman–Crippen MR) is 92.6 cm³/mol. The van der Waals surface area contributed by atoms with Gasteiger partial charge in [-0.05, 0) is 36.4 Å². The van der Waals surface area contributed by atoms with E-state index in [0.717, 1.165) is 0 Å². The summed E-state index contributed by atoms with van der Waals surface area (Å²) < 4.78 is 9.52. The second-order valence-electron chi connectivity index (χ2n) is 4.93. The second-order valence-corrected chi connectivity index (χ2v) is 5.36. The number of nitrogens with two attached hydrogens (primary N) is 1. The number of rotatable bonds is 5. The molecule has 0 spiro atoms. The van der Waals surface area contributed by atoms with E-state index in [1.807, 2.05) is 0 Å². The molecule has 0 radical (unpaired) electrons. The number of hydrogen-bond donors (Lipinski definition) is 2. The van der Waals surface area contributed by atoms with Crippen LogP contribution in [0.15, 0.2) is 42.5 Å². The Morgan fingerprint density at radius 1 is 1.12 bits per heavy atom. The fourth-order valence-corrected chi connectivity index (χ4v) is 2.15. The van der Waals surface area contributed by atoms with E-state index in [1.54, 1.807) is 18.2 Å². The Morgan fingerprint density at radius 2 is 1.88 bits per heavy atom. The molecule has 0 aliphatic heterocycles. The molecule has 0 unspecified atom stereocenters. The van der Waals surface area contributed by atoms with Gasteiger partial charge in [0.2, 0.25) is 0 Å². The van der Waals surface area contributed by atoms with Crippen molar-refractivity contribution in [2.75, 3.05) is 24.8 Å². The van der Waals surface area contributed by atoms with Gasteiger partial charge < -0.3 is 20.5 Å². The maximum absolute atomic E-state index is 11.9. The normalized spacial score (nSPS) is 10.0. The number of methoxy groups -OCH3 is 1. The third-order valence-corrected chi connectivity index (χ3v) is 3.37. The van der Waals surface area contributed by atoms with Gasteiger partial charge in [-0.3, -0.25) is 4.79 Å². The molecule has 0 heterocycles. The highest BCUT2D eigenvalue weighted by Crippen LogP contribution is 2.19. The molecule has 0 aliphatic rings. The van der Waals surface area contributed by atoms with Crippen LogP contribution in [0.25, 0.3) is 0 Å². The first kappa shape index (κ1) is 18.3. The average molecular weight is 363 g/mol. The Bertz CT molecular complexity index is 822. The zero-order valence-electron chi connectivity index (χ0n) is 13.2. The van der Waals surface area contributed by atoms with Crippen molar-refractivity contribution < 1.29 is 23.9 Å². The van der Waals surface area contributed by atoms with Crippen LogP contribution in [0.2, 0.25) is 5.02 Å². The number of ether oxygens (including phenoxy) is 2. The van der Waals surface area contributed by atoms with E-state index in [-0.39, 0.29) is 16.8 Å². The minimum atomic E-state index is -0.743. The van der Waals surface area contributed by atoms with Crippen molar-refractivity contribution in [1.82, 2.24) is 0 Å². The zero-order valence-corrected chi connectivity index (χ0v) is 14.0. The van der Waals surface area contributed by atoms with Crippen molar-refractivity contribution in [3.8, 4) is 0 Å². The zero-order chi connectivity index (χ0) is 18.4. The highest BCUT2D eigenvalue weighted by atomic mass is 35.5. The van der Waals surface area contributed by atoms with Crippen LogP contribution in [0.4, 0.5) is 11.4 Å². The third-order valence-electron chi connectivity index (χ3n) is 3.14. The molecule has 130 valence electrons. The van der Waals surface area contributed by atoms with Crippen LogP contribution >= 0.6 is 11.6 Å². The summed E-state index contributed by atoms with van der Waals surface area (Å²) in [5.41, 5.74) is 6.61. The summed E-state index contributed by atoms with van der Waals surface area (Å²) in [6.45, 7) is -0.511. The summed E-state index contributed by atoms with van der Waals surface area (Å²) in [5, 5.41) is 2.90. The summed E-state index contributed by atoms with van der Waals surface area (Å²) in [7, 11) is 1.26. The number of nitrogens with one attached hydrogen (secondary N) is 1. The number of esters is 2. The van der Waals surface area contributed by atoms with Crippen LogP contribution in [0.3, 0.4) is 0 Å². The fraction of sp³-hybridized carbons (Fsp3) is 0.118. The van der Waals surface area contributed by atoms with Crippen molar-refractivity contribution in [1.29, 1.82) is 0 Å². The summed E-state index contributed by atoms with van der Waals surface area (Å²) in [4.78, 5) is 35.3. The molecule has 2 rings (SSSR count). The molecular formula is C17H15ClN2O5. The van der Waals surface area contributed by atoms with Gasteiger partial charge in [-0.2, -0.15) is 0 Å². The highest BCUT2D eigenvalue weighted by molar-refractivity contribution is 6.31. The number of nitrogen functional groups attached to an aromatic ring is 1. The lowest BCUT2D eigenvalue weighted by Gasteiger charge is -2.09. The van der Waals surface area contributed by atoms with E-state index < -0.39 is 24.5 Å². The van der Waals surface area contributed by atoms with Gasteiger partial charge in [0.25, 0.3) is 5.91 Å². The Balaban J connectivity index is 1.94. The van der Waals surface area contributed by atoms with Gasteiger partial charge in [0.15, 0.2) is 6.61 Å². The van der Waals surface area contributed by atoms with Crippen LogP contribution in [-0.4, -0.2) is 31.6 Å². The fourth-order valence-electron chi connectivity index (χ4n) is 1.97. The van der Waals surface area contributed by atoms with Crippen molar-refractivity contribution in [3.05, 3.63) is 58.6 Å². The molecule has 0 bridgehead atoms. The van der Waals surface area contributed by atoms with Crippen LogP contribution in [0.1, 0.15) is 20.7 Å². The standard InChI is InChI=1S/C17H15ClN2O5/c1-24-16(22)10-3-2-4-12(7-10)20-15(21)9-25-17(23)13-6-5-11(18)8-14(13)19/h2-8H,9,19H2,1H3,(H,20,21). The van der Waals surface area contributed by atoms with Gasteiger partial charge in [0, 0.05) is 16.4 Å². The maximum Gasteiger partial charge on any atom is 0.340 e. The number of carbonyl (C=O) groups is 3. The number of anilines is 2. The number of hydrogen-bond acceptors (Lipinski definition) is 6. The van der Waals surface area contributed by atoms with Crippen molar-refractivity contribution in [2.45, 2.75) is 0 Å². The molecule has 0 saturated heterocycles. The lowest BCUT2D eigenvalue weighted by Crippen LogP contribution is -2.21. The summed E-state index contributed by atoms with van der Waals surface area (Å²) in [6, 6.07) is 10.5. The molecule has 8 heteroatoms. The second kappa shape index (κ2) is 8.16. The van der Waals surface area contributed by atoms with E-state index >= 15 is 0 Å². The minimum absolute atomic E-state index is 0.116. The molecule has 2 aromatic rings. The molecular weight excluding hydrogens is 348 g/mol. The Morgan fingerprint density at radius 3 is 2.56 bits per heavy atom. The van der Waals surface area contributed by atoms with E-state index in [0.29, 0.717) is 10.7 Å². The Hall–Kier alpha value is -3.06. The quantitative estimate of drug-likeness (QED) is 0.625. The molecule has 0 saturated carbocycles. The monoisotopic (exact) mass is 362 g/mol. The van der Waals surface area contributed by atoms with Crippen molar-refractivity contribution in [3.63, 3.8) is 0 Å². The van der Waals surface area contributed by atoms with Crippen LogP contribution in [-0.2, 0) is 14.3 Å². The lowest BCUT2D eigenvalue weighted by molar-refractivity contribution is -0.119. The Kier molecular flexibility index (Phi) is 5.97.